The number of esters is 1. The third-order valence-electron chi connectivity index (χ3n) is 12.4. The molecular formula is C40H74N2O14. The molecule has 0 aromatic carbocycles. The number of nitrogens with zero attached hydrogens (tertiary/aromatic N) is 2. The fraction of sp³-hybridized carbons (Fsp3) is 0.950. The number of hydrogen-bond donors (Lipinski definition) is 5. The van der Waals surface area contributed by atoms with E-state index in [1.54, 1.807) is 48.5 Å². The predicted octanol–water partition coefficient (Wildman–Crippen LogP) is 2.58. The van der Waals surface area contributed by atoms with Crippen LogP contribution in [0, 0.1) is 23.7 Å². The van der Waals surface area contributed by atoms with Crippen LogP contribution in [0.1, 0.15) is 102 Å². The van der Waals surface area contributed by atoms with Crippen LogP contribution in [0.25, 0.3) is 0 Å². The topological polar surface area (TPSA) is 208 Å². The van der Waals surface area contributed by atoms with E-state index in [1.807, 2.05) is 39.8 Å². The lowest BCUT2D eigenvalue weighted by Crippen LogP contribution is -2.61. The predicted molar refractivity (Wildman–Crippen MR) is 206 cm³/mol. The largest absolute Gasteiger partial charge is 0.459 e. The molecule has 18 atom stereocenters. The van der Waals surface area contributed by atoms with Gasteiger partial charge in [0.25, 0.3) is 0 Å². The third-order valence-corrected chi connectivity index (χ3v) is 12.4. The first-order valence-electron chi connectivity index (χ1n) is 20.3. The van der Waals surface area contributed by atoms with Crippen molar-refractivity contribution < 1.29 is 68.3 Å². The minimum atomic E-state index is -1.95. The summed E-state index contributed by atoms with van der Waals surface area (Å²) < 4.78 is 42.9. The van der Waals surface area contributed by atoms with Gasteiger partial charge in [-0.2, -0.15) is 0 Å². The summed E-state index contributed by atoms with van der Waals surface area (Å²) in [5, 5.41) is 63.3. The molecule has 16 nitrogen and oxygen atoms in total. The Hall–Kier alpha value is -1.54. The Kier molecular flexibility index (Phi) is 17.6. The summed E-state index contributed by atoms with van der Waals surface area (Å²) in [5.74, 6) is -4.06. The molecule has 328 valence electrons. The number of carbonyl (C=O) groups is 1. The van der Waals surface area contributed by atoms with Gasteiger partial charge in [-0.3, -0.25) is 4.79 Å². The Morgan fingerprint density at radius 2 is 1.55 bits per heavy atom. The summed E-state index contributed by atoms with van der Waals surface area (Å²) in [6.07, 6.45) is -9.34. The van der Waals surface area contributed by atoms with Crippen LogP contribution in [0.4, 0.5) is 0 Å². The zero-order valence-electron chi connectivity index (χ0n) is 36.2. The molecule has 16 heteroatoms. The van der Waals surface area contributed by atoms with E-state index in [2.05, 4.69) is 5.16 Å². The van der Waals surface area contributed by atoms with Crippen molar-refractivity contribution in [3.63, 3.8) is 0 Å². The molecule has 3 fully saturated rings. The van der Waals surface area contributed by atoms with Crippen LogP contribution in [-0.4, -0.2) is 161 Å². The van der Waals surface area contributed by atoms with Gasteiger partial charge in [-0.15, -0.1) is 0 Å². The molecule has 3 rings (SSSR count). The lowest BCUT2D eigenvalue weighted by Gasteiger charge is -2.49. The summed E-state index contributed by atoms with van der Waals surface area (Å²) in [6.45, 7) is 19.0. The number of methoxy groups -OCH3 is 1. The second kappa shape index (κ2) is 20.1. The van der Waals surface area contributed by atoms with Crippen LogP contribution in [0.5, 0.6) is 0 Å². The Labute approximate surface area is 334 Å². The van der Waals surface area contributed by atoms with Crippen molar-refractivity contribution in [1.29, 1.82) is 0 Å². The van der Waals surface area contributed by atoms with Gasteiger partial charge in [-0.1, -0.05) is 32.9 Å². The van der Waals surface area contributed by atoms with Crippen molar-refractivity contribution >= 4 is 11.7 Å². The summed E-state index contributed by atoms with van der Waals surface area (Å²) in [6, 6.07) is -0.319. The van der Waals surface area contributed by atoms with Crippen LogP contribution in [0.2, 0.25) is 0 Å². The SMILES string of the molecule is CCOCO/N=C1\[C@H](C)C[C@@](C)(O)[C@H](O[C@@H]2O[C@H](C)C[C@H](N(C)C)[C@H]2O)[C@@H](C)[C@H](O[C@H]2C[C@@](C)(OC)[C@@H](O)[C@H](C)O2)[C@@H](C)C(=O)O[C@H](CC)[C@@](C)(O)[C@H](O)[C@H]1C. The number of cyclic esters (lactones) is 1. The Bertz CT molecular complexity index is 1270. The number of aliphatic hydroxyl groups excluding tert-OH is 3. The van der Waals surface area contributed by atoms with E-state index in [4.69, 9.17) is 38.0 Å². The average molecular weight is 807 g/mol. The van der Waals surface area contributed by atoms with E-state index in [1.165, 1.54) is 14.0 Å². The maximum atomic E-state index is 14.3. The Balaban J connectivity index is 2.24. The molecule has 0 unspecified atom stereocenters. The van der Waals surface area contributed by atoms with Crippen molar-refractivity contribution in [3.8, 4) is 0 Å². The standard InChI is InChI=1S/C40H74N2O14/c1-15-28-40(11,48)33(44)23(5)30(41-51-20-50-16-2)21(3)18-38(9,47)35(56-37-31(43)27(42(12)13)17-22(4)52-37)24(6)32(25(7)36(46)54-28)55-29-19-39(10,49-14)34(45)26(8)53-29/h21-29,31-35,37,43-45,47-48H,15-20H2,1-14H3/b41-30+/t21-,22-,23+,24+,25-,26+,27+,28-,29+,31-,32+,33-,34+,35-,37+,38-,39-,40-/m1/s1. The van der Waals surface area contributed by atoms with E-state index < -0.39 is 102 Å². The normalized spacial score (nSPS) is 47.0. The molecule has 56 heavy (non-hydrogen) atoms. The van der Waals surface area contributed by atoms with Crippen molar-refractivity contribution in [2.75, 3.05) is 34.6 Å². The first-order valence-corrected chi connectivity index (χ1v) is 20.3. The molecule has 0 spiro atoms. The maximum Gasteiger partial charge on any atom is 0.311 e. The van der Waals surface area contributed by atoms with Gasteiger partial charge >= 0.3 is 5.97 Å². The van der Waals surface area contributed by atoms with Gasteiger partial charge in [-0.05, 0) is 81.8 Å². The minimum Gasteiger partial charge on any atom is -0.459 e. The summed E-state index contributed by atoms with van der Waals surface area (Å²) in [5.41, 5.74) is -4.43. The number of likely N-dealkylation sites (N-methyl/N-ethyl adjacent to an activating group) is 1. The Morgan fingerprint density at radius 1 is 0.911 bits per heavy atom. The van der Waals surface area contributed by atoms with Crippen molar-refractivity contribution in [1.82, 2.24) is 4.90 Å². The van der Waals surface area contributed by atoms with Gasteiger partial charge in [0.2, 0.25) is 6.79 Å². The molecule has 5 N–H and O–H groups in total. The van der Waals surface area contributed by atoms with Crippen LogP contribution in [0.3, 0.4) is 0 Å². The van der Waals surface area contributed by atoms with Crippen LogP contribution in [0.15, 0.2) is 5.16 Å². The molecule has 0 bridgehead atoms. The zero-order chi connectivity index (χ0) is 42.5. The van der Waals surface area contributed by atoms with E-state index in [0.29, 0.717) is 18.7 Å². The average Bonchev–Trinajstić information content (AvgIpc) is 3.12. The third kappa shape index (κ3) is 11.2. The second-order valence-corrected chi connectivity index (χ2v) is 17.3. The van der Waals surface area contributed by atoms with Gasteiger partial charge in [0.15, 0.2) is 12.6 Å². The molecule has 3 saturated heterocycles. The monoisotopic (exact) mass is 807 g/mol. The van der Waals surface area contributed by atoms with Crippen molar-refractivity contribution in [3.05, 3.63) is 0 Å². The summed E-state index contributed by atoms with van der Waals surface area (Å²) in [7, 11) is 5.22. The van der Waals surface area contributed by atoms with Crippen LogP contribution >= 0.6 is 0 Å². The van der Waals surface area contributed by atoms with Crippen molar-refractivity contribution in [2.45, 2.75) is 186 Å². The molecule has 3 aliphatic heterocycles. The first-order chi connectivity index (χ1) is 26.0. The number of hydrogen-bond acceptors (Lipinski definition) is 16. The lowest BCUT2D eigenvalue weighted by molar-refractivity contribution is -0.317. The van der Waals surface area contributed by atoms with Gasteiger partial charge < -0.3 is 68.4 Å². The number of rotatable bonds is 11. The molecule has 0 saturated carbocycles. The highest BCUT2D eigenvalue weighted by Crippen LogP contribution is 2.41. The van der Waals surface area contributed by atoms with Gasteiger partial charge in [-0.25, -0.2) is 0 Å². The number of ether oxygens (including phenoxy) is 7. The van der Waals surface area contributed by atoms with Gasteiger partial charge in [0.1, 0.15) is 23.9 Å². The summed E-state index contributed by atoms with van der Waals surface area (Å²) in [4.78, 5) is 21.7. The van der Waals surface area contributed by atoms with E-state index >= 15 is 0 Å². The molecule has 0 radical (unpaired) electrons. The summed E-state index contributed by atoms with van der Waals surface area (Å²) >= 11 is 0. The molecule has 0 aromatic rings. The molecule has 3 aliphatic rings. The molecular weight excluding hydrogens is 732 g/mol. The van der Waals surface area contributed by atoms with Gasteiger partial charge in [0, 0.05) is 43.9 Å². The first kappa shape index (κ1) is 48.8. The quantitative estimate of drug-likeness (QED) is 0.0881. The highest BCUT2D eigenvalue weighted by atomic mass is 16.7. The highest BCUT2D eigenvalue weighted by Gasteiger charge is 2.53. The molecule has 0 amide bonds. The lowest BCUT2D eigenvalue weighted by atomic mass is 9.73. The van der Waals surface area contributed by atoms with E-state index in [0.717, 1.165) is 0 Å². The van der Waals surface area contributed by atoms with Gasteiger partial charge in [0.05, 0.1) is 53.4 Å². The molecule has 3 heterocycles. The zero-order valence-corrected chi connectivity index (χ0v) is 36.2. The number of aliphatic hydroxyl groups is 5. The minimum absolute atomic E-state index is 0.0127. The smallest absolute Gasteiger partial charge is 0.311 e. The fourth-order valence-electron chi connectivity index (χ4n) is 8.82. The number of oxime groups is 1. The van der Waals surface area contributed by atoms with Crippen LogP contribution in [-0.2, 0) is 42.8 Å². The molecule has 0 aliphatic carbocycles. The van der Waals surface area contributed by atoms with E-state index in [-0.39, 0.29) is 38.2 Å². The second-order valence-electron chi connectivity index (χ2n) is 17.3. The van der Waals surface area contributed by atoms with E-state index in [9.17, 15) is 30.3 Å². The fourth-order valence-corrected chi connectivity index (χ4v) is 8.82. The van der Waals surface area contributed by atoms with Crippen LogP contribution < -0.4 is 0 Å². The Morgan fingerprint density at radius 3 is 2.12 bits per heavy atom. The maximum absolute atomic E-state index is 14.3. The van der Waals surface area contributed by atoms with Crippen molar-refractivity contribution in [2.24, 2.45) is 28.8 Å². The molecule has 0 aromatic heterocycles. The number of carbonyl (C=O) groups excluding carboxylic acids is 1. The highest BCUT2D eigenvalue weighted by molar-refractivity contribution is 5.88.